The highest BCUT2D eigenvalue weighted by molar-refractivity contribution is 6.42. The van der Waals surface area contributed by atoms with Gasteiger partial charge < -0.3 is 4.74 Å². The molecule has 17 heavy (non-hydrogen) atoms. The molecule has 0 radical (unpaired) electrons. The average Bonchev–Trinajstić information content (AvgIpc) is 2.32. The molecule has 2 nitrogen and oxygen atoms in total. The average molecular weight is 273 g/mol. The lowest BCUT2D eigenvalue weighted by atomic mass is 10.2. The van der Waals surface area contributed by atoms with E-state index in [1.54, 1.807) is 19.1 Å². The fraction of sp³-hybridized carbons (Fsp3) is 0.154. The van der Waals surface area contributed by atoms with E-state index in [-0.39, 0.29) is 5.97 Å². The zero-order chi connectivity index (χ0) is 13.4. The van der Waals surface area contributed by atoms with Gasteiger partial charge in [-0.15, -0.1) is 0 Å². The molecule has 0 fully saturated rings. The number of halogens is 2. The molecule has 0 amide bonds. The van der Waals surface area contributed by atoms with Crippen molar-refractivity contribution in [2.45, 2.75) is 6.92 Å². The molecule has 0 aliphatic rings. The maximum Gasteiger partial charge on any atom is 0.332 e. The fourth-order valence-corrected chi connectivity index (χ4v) is 1.24. The van der Waals surface area contributed by atoms with Crippen LogP contribution in [0.25, 0.3) is 6.08 Å². The van der Waals surface area contributed by atoms with Crippen molar-refractivity contribution in [3.63, 3.8) is 0 Å². The molecule has 0 unspecified atom stereocenters. The largest absolute Gasteiger partial charge is 0.466 e. The topological polar surface area (TPSA) is 26.3 Å². The van der Waals surface area contributed by atoms with Gasteiger partial charge in [-0.3, -0.25) is 0 Å². The molecule has 0 heterocycles. The normalized spacial score (nSPS) is 8.71. The molecule has 0 N–H and O–H groups in total. The van der Waals surface area contributed by atoms with E-state index in [1.807, 2.05) is 12.1 Å². The van der Waals surface area contributed by atoms with Gasteiger partial charge in [0.15, 0.2) is 0 Å². The van der Waals surface area contributed by atoms with E-state index in [4.69, 9.17) is 23.2 Å². The third-order valence-electron chi connectivity index (χ3n) is 1.74. The van der Waals surface area contributed by atoms with E-state index in [9.17, 15) is 4.79 Å². The molecule has 92 valence electrons. The van der Waals surface area contributed by atoms with Gasteiger partial charge in [-0.05, 0) is 18.6 Å². The second-order valence-corrected chi connectivity index (χ2v) is 3.90. The summed E-state index contributed by atoms with van der Waals surface area (Å²) in [4.78, 5) is 10.2. The molecular formula is C13H14Cl2O2. The molecule has 0 aliphatic heterocycles. The number of carbonyl (C=O) groups is 1. The molecule has 0 saturated carbocycles. The summed E-state index contributed by atoms with van der Waals surface area (Å²) in [5.41, 5.74) is 1.30. The first-order valence-electron chi connectivity index (χ1n) is 4.74. The molecule has 0 aromatic heterocycles. The fourth-order valence-electron chi connectivity index (χ4n) is 0.852. The van der Waals surface area contributed by atoms with Gasteiger partial charge in [0.25, 0.3) is 0 Å². The summed E-state index contributed by atoms with van der Waals surface area (Å²) in [6.45, 7) is 8.54. The number of hydrogen-bond donors (Lipinski definition) is 0. The Labute approximate surface area is 111 Å². The number of hydrogen-bond acceptors (Lipinski definition) is 2. The van der Waals surface area contributed by atoms with E-state index in [2.05, 4.69) is 17.9 Å². The predicted molar refractivity (Wildman–Crippen MR) is 73.4 cm³/mol. The van der Waals surface area contributed by atoms with Crippen LogP contribution in [-0.2, 0) is 9.53 Å². The minimum Gasteiger partial charge on any atom is -0.466 e. The van der Waals surface area contributed by atoms with Crippen LogP contribution in [0.3, 0.4) is 0 Å². The van der Waals surface area contributed by atoms with Crippen LogP contribution < -0.4 is 0 Å². The lowest BCUT2D eigenvalue weighted by molar-refractivity contribution is -0.136. The Hall–Kier alpha value is -1.25. The van der Waals surface area contributed by atoms with E-state index >= 15 is 0 Å². The molecule has 0 bridgehead atoms. The number of esters is 1. The summed E-state index contributed by atoms with van der Waals surface area (Å²) >= 11 is 11.5. The first kappa shape index (κ1) is 15.8. The number of carbonyl (C=O) groups excluding carboxylic acids is 1. The number of ether oxygens (including phenoxy) is 1. The van der Waals surface area contributed by atoms with Crippen molar-refractivity contribution in [3.05, 3.63) is 52.5 Å². The number of rotatable bonds is 2. The molecule has 1 aromatic carbocycles. The van der Waals surface area contributed by atoms with Crippen molar-refractivity contribution in [3.8, 4) is 0 Å². The van der Waals surface area contributed by atoms with Crippen LogP contribution in [0.2, 0.25) is 10.0 Å². The third kappa shape index (κ3) is 5.57. The van der Waals surface area contributed by atoms with Crippen molar-refractivity contribution in [1.29, 1.82) is 0 Å². The summed E-state index contributed by atoms with van der Waals surface area (Å²) in [5, 5.41) is 1.14. The maximum absolute atomic E-state index is 10.2. The molecule has 0 spiro atoms. The van der Waals surface area contributed by atoms with E-state index in [0.717, 1.165) is 5.56 Å². The van der Waals surface area contributed by atoms with Crippen molar-refractivity contribution in [2.24, 2.45) is 0 Å². The highest BCUT2D eigenvalue weighted by atomic mass is 35.5. The molecule has 1 rings (SSSR count). The summed E-state index contributed by atoms with van der Waals surface area (Å²) in [5.74, 6) is -0.347. The van der Waals surface area contributed by atoms with Crippen molar-refractivity contribution in [1.82, 2.24) is 0 Å². The monoisotopic (exact) mass is 272 g/mol. The first-order chi connectivity index (χ1) is 7.93. The zero-order valence-corrected chi connectivity index (χ0v) is 11.3. The molecule has 4 heteroatoms. The van der Waals surface area contributed by atoms with Gasteiger partial charge in [0.1, 0.15) is 0 Å². The Bertz CT molecular complexity index is 425. The molecule has 0 atom stereocenters. The van der Waals surface area contributed by atoms with Gasteiger partial charge in [0, 0.05) is 5.57 Å². The first-order valence-corrected chi connectivity index (χ1v) is 5.49. The maximum atomic E-state index is 10.2. The van der Waals surface area contributed by atoms with Crippen molar-refractivity contribution >= 4 is 35.2 Å². The highest BCUT2D eigenvalue weighted by Gasteiger charge is 1.98. The van der Waals surface area contributed by atoms with Crippen LogP contribution in [0.5, 0.6) is 0 Å². The quantitative estimate of drug-likeness (QED) is 0.590. The standard InChI is InChI=1S/C8H6Cl2.C5H8O2/c1-2-6-4-3-5-7(9)8(6)10;1-4(2)5(6)7-3/h2-5H,1H2;1H2,2-3H3. The van der Waals surface area contributed by atoms with Gasteiger partial charge in [-0.1, -0.05) is 54.6 Å². The van der Waals surface area contributed by atoms with Crippen LogP contribution in [-0.4, -0.2) is 13.1 Å². The minimum atomic E-state index is -0.347. The lowest BCUT2D eigenvalue weighted by Gasteiger charge is -1.97. The third-order valence-corrected chi connectivity index (χ3v) is 2.57. The SMILES string of the molecule is C=C(C)C(=O)OC.C=Cc1cccc(Cl)c1Cl. The van der Waals surface area contributed by atoms with Crippen LogP contribution >= 0.6 is 23.2 Å². The Morgan fingerprint density at radius 3 is 2.29 bits per heavy atom. The number of benzene rings is 1. The van der Waals surface area contributed by atoms with E-state index in [0.29, 0.717) is 15.6 Å². The second kappa shape index (κ2) is 7.93. The van der Waals surface area contributed by atoms with Gasteiger partial charge in [0.2, 0.25) is 0 Å². The van der Waals surface area contributed by atoms with Gasteiger partial charge >= 0.3 is 5.97 Å². The van der Waals surface area contributed by atoms with E-state index < -0.39 is 0 Å². The van der Waals surface area contributed by atoms with Crippen LogP contribution in [0.15, 0.2) is 36.9 Å². The lowest BCUT2D eigenvalue weighted by Crippen LogP contribution is -1.98. The van der Waals surface area contributed by atoms with Crippen LogP contribution in [0, 0.1) is 0 Å². The predicted octanol–water partition coefficient (Wildman–Crippen LogP) is 4.37. The molecule has 0 saturated heterocycles. The number of methoxy groups -OCH3 is 1. The van der Waals surface area contributed by atoms with Crippen molar-refractivity contribution in [2.75, 3.05) is 7.11 Å². The summed E-state index contributed by atoms with van der Waals surface area (Å²) in [7, 11) is 1.33. The zero-order valence-electron chi connectivity index (χ0n) is 9.80. The van der Waals surface area contributed by atoms with Gasteiger partial charge in [-0.25, -0.2) is 4.79 Å². The molecule has 1 aromatic rings. The Morgan fingerprint density at radius 1 is 1.41 bits per heavy atom. The highest BCUT2D eigenvalue weighted by Crippen LogP contribution is 2.25. The molecule has 0 aliphatic carbocycles. The van der Waals surface area contributed by atoms with E-state index in [1.165, 1.54) is 7.11 Å². The van der Waals surface area contributed by atoms with Gasteiger partial charge in [-0.2, -0.15) is 0 Å². The smallest absolute Gasteiger partial charge is 0.332 e. The summed E-state index contributed by atoms with van der Waals surface area (Å²) < 4.78 is 4.27. The minimum absolute atomic E-state index is 0.347. The summed E-state index contributed by atoms with van der Waals surface area (Å²) in [6, 6.07) is 5.45. The Morgan fingerprint density at radius 2 is 2.00 bits per heavy atom. The van der Waals surface area contributed by atoms with Gasteiger partial charge in [0.05, 0.1) is 17.2 Å². The Balaban J connectivity index is 0.000000325. The van der Waals surface area contributed by atoms with Crippen molar-refractivity contribution < 1.29 is 9.53 Å². The second-order valence-electron chi connectivity index (χ2n) is 3.12. The Kier molecular flexibility index (Phi) is 7.35. The summed E-state index contributed by atoms with van der Waals surface area (Å²) in [6.07, 6.45) is 1.67. The van der Waals surface area contributed by atoms with Crippen LogP contribution in [0.4, 0.5) is 0 Å². The van der Waals surface area contributed by atoms with Crippen LogP contribution in [0.1, 0.15) is 12.5 Å². The molecular weight excluding hydrogens is 259 g/mol.